The Kier molecular flexibility index (Phi) is 5.02. The van der Waals surface area contributed by atoms with Gasteiger partial charge >= 0.3 is 5.97 Å². The minimum Gasteiger partial charge on any atom is -0.461 e. The summed E-state index contributed by atoms with van der Waals surface area (Å²) < 4.78 is 7.34. The van der Waals surface area contributed by atoms with Crippen molar-refractivity contribution in [1.82, 2.24) is 9.55 Å². The fraction of sp³-hybridized carbons (Fsp3) is 0.0833. The highest BCUT2D eigenvalue weighted by atomic mass is 16.5. The van der Waals surface area contributed by atoms with Crippen LogP contribution in [0.15, 0.2) is 91.0 Å². The number of ether oxygens (including phenoxy) is 1. The van der Waals surface area contributed by atoms with E-state index in [1.165, 1.54) is 0 Å². The minimum absolute atomic E-state index is 0.298. The Balaban J connectivity index is 2.06. The van der Waals surface area contributed by atoms with E-state index in [2.05, 4.69) is 0 Å². The minimum atomic E-state index is -0.423. The molecule has 4 heteroatoms. The number of imidazole rings is 1. The predicted octanol–water partition coefficient (Wildman–Crippen LogP) is 5.38. The lowest BCUT2D eigenvalue weighted by atomic mass is 10.1. The van der Waals surface area contributed by atoms with E-state index in [4.69, 9.17) is 9.72 Å². The van der Waals surface area contributed by atoms with E-state index < -0.39 is 5.97 Å². The van der Waals surface area contributed by atoms with Crippen molar-refractivity contribution in [2.75, 3.05) is 6.61 Å². The van der Waals surface area contributed by atoms with Crippen LogP contribution in [0.4, 0.5) is 0 Å². The average Bonchev–Trinajstić information content (AvgIpc) is 3.16. The van der Waals surface area contributed by atoms with Gasteiger partial charge in [0.25, 0.3) is 0 Å². The second-order valence-corrected chi connectivity index (χ2v) is 6.26. The molecular weight excluding hydrogens is 348 g/mol. The Bertz CT molecular complexity index is 1070. The molecule has 0 atom stereocenters. The summed E-state index contributed by atoms with van der Waals surface area (Å²) in [4.78, 5) is 17.5. The molecule has 0 unspecified atom stereocenters. The fourth-order valence-electron chi connectivity index (χ4n) is 3.23. The molecule has 0 saturated heterocycles. The molecule has 0 aliphatic heterocycles. The van der Waals surface area contributed by atoms with Crippen LogP contribution in [0.25, 0.3) is 28.3 Å². The van der Waals surface area contributed by atoms with Gasteiger partial charge in [0.1, 0.15) is 5.82 Å². The molecule has 0 aliphatic carbocycles. The quantitative estimate of drug-likeness (QED) is 0.444. The number of hydrogen-bond donors (Lipinski definition) is 0. The molecule has 0 spiro atoms. The van der Waals surface area contributed by atoms with Crippen LogP contribution in [0.3, 0.4) is 0 Å². The highest BCUT2D eigenvalue weighted by Crippen LogP contribution is 2.33. The molecule has 3 aromatic carbocycles. The van der Waals surface area contributed by atoms with E-state index in [0.717, 1.165) is 22.5 Å². The van der Waals surface area contributed by atoms with Crippen LogP contribution in [0.5, 0.6) is 0 Å². The molecule has 0 N–H and O–H groups in total. The van der Waals surface area contributed by atoms with Crippen molar-refractivity contribution in [2.45, 2.75) is 6.92 Å². The average molecular weight is 368 g/mol. The van der Waals surface area contributed by atoms with Gasteiger partial charge in [0.2, 0.25) is 0 Å². The Labute approximate surface area is 164 Å². The highest BCUT2D eigenvalue weighted by Gasteiger charge is 2.26. The monoisotopic (exact) mass is 368 g/mol. The Hall–Kier alpha value is -3.66. The molecule has 0 amide bonds. The van der Waals surface area contributed by atoms with Gasteiger partial charge in [-0.3, -0.25) is 4.57 Å². The molecule has 1 heterocycles. The summed E-state index contributed by atoms with van der Waals surface area (Å²) in [5.41, 5.74) is 3.81. The topological polar surface area (TPSA) is 44.1 Å². The number of rotatable bonds is 5. The van der Waals surface area contributed by atoms with Crippen molar-refractivity contribution in [3.8, 4) is 28.3 Å². The van der Waals surface area contributed by atoms with Gasteiger partial charge in [-0.25, -0.2) is 9.78 Å². The first-order valence-electron chi connectivity index (χ1n) is 9.25. The molecule has 0 fully saturated rings. The molecule has 138 valence electrons. The number of benzene rings is 3. The molecule has 4 nitrogen and oxygen atoms in total. The molecule has 0 saturated carbocycles. The van der Waals surface area contributed by atoms with Crippen LogP contribution in [-0.2, 0) is 4.74 Å². The van der Waals surface area contributed by atoms with Crippen LogP contribution in [0, 0.1) is 0 Å². The van der Waals surface area contributed by atoms with Crippen LogP contribution in [0.1, 0.15) is 17.4 Å². The maximum absolute atomic E-state index is 12.8. The maximum Gasteiger partial charge on any atom is 0.359 e. The zero-order valence-corrected chi connectivity index (χ0v) is 15.6. The standard InChI is InChI=1S/C24H20N2O2/c1-2-28-24(27)21-22(18-12-6-3-7-13-18)26(20-16-10-5-11-17-20)23(25-21)19-14-8-4-9-15-19/h3-17H,2H2,1H3. The van der Waals surface area contributed by atoms with Crippen molar-refractivity contribution in [3.05, 3.63) is 96.7 Å². The van der Waals surface area contributed by atoms with Crippen molar-refractivity contribution in [3.63, 3.8) is 0 Å². The number of nitrogens with zero attached hydrogens (tertiary/aromatic N) is 2. The number of esters is 1. The predicted molar refractivity (Wildman–Crippen MR) is 110 cm³/mol. The van der Waals surface area contributed by atoms with E-state index in [1.54, 1.807) is 6.92 Å². The van der Waals surface area contributed by atoms with Gasteiger partial charge < -0.3 is 4.74 Å². The lowest BCUT2D eigenvalue weighted by molar-refractivity contribution is 0.0521. The summed E-state index contributed by atoms with van der Waals surface area (Å²) in [6.45, 7) is 2.10. The number of aromatic nitrogens is 2. The maximum atomic E-state index is 12.8. The van der Waals surface area contributed by atoms with Crippen molar-refractivity contribution < 1.29 is 9.53 Å². The van der Waals surface area contributed by atoms with Gasteiger partial charge in [-0.2, -0.15) is 0 Å². The number of carbonyl (C=O) groups is 1. The Morgan fingerprint density at radius 3 is 1.93 bits per heavy atom. The molecule has 4 rings (SSSR count). The molecule has 4 aromatic rings. The van der Waals surface area contributed by atoms with Gasteiger partial charge in [0.05, 0.1) is 12.3 Å². The number of carbonyl (C=O) groups excluding carboxylic acids is 1. The van der Waals surface area contributed by atoms with E-state index in [1.807, 2.05) is 95.6 Å². The summed E-state index contributed by atoms with van der Waals surface area (Å²) in [7, 11) is 0. The van der Waals surface area contributed by atoms with Gasteiger partial charge in [-0.15, -0.1) is 0 Å². The van der Waals surface area contributed by atoms with E-state index in [0.29, 0.717) is 18.1 Å². The highest BCUT2D eigenvalue weighted by molar-refractivity contribution is 5.96. The second kappa shape index (κ2) is 7.92. The normalized spacial score (nSPS) is 10.6. The van der Waals surface area contributed by atoms with Crippen molar-refractivity contribution >= 4 is 5.97 Å². The van der Waals surface area contributed by atoms with E-state index >= 15 is 0 Å². The first-order chi connectivity index (χ1) is 13.8. The summed E-state index contributed by atoms with van der Waals surface area (Å²) in [6, 6.07) is 29.6. The van der Waals surface area contributed by atoms with Gasteiger partial charge in [0.15, 0.2) is 5.69 Å². The molecule has 0 radical (unpaired) electrons. The zero-order valence-electron chi connectivity index (χ0n) is 15.6. The number of hydrogen-bond acceptors (Lipinski definition) is 3. The SMILES string of the molecule is CCOC(=O)c1nc(-c2ccccc2)n(-c2ccccc2)c1-c1ccccc1. The first kappa shape index (κ1) is 17.7. The largest absolute Gasteiger partial charge is 0.461 e. The summed E-state index contributed by atoms with van der Waals surface area (Å²) in [5, 5.41) is 0. The zero-order chi connectivity index (χ0) is 19.3. The molecule has 0 aliphatic rings. The van der Waals surface area contributed by atoms with Gasteiger partial charge in [-0.1, -0.05) is 78.9 Å². The molecular formula is C24H20N2O2. The third-order valence-electron chi connectivity index (χ3n) is 4.44. The second-order valence-electron chi connectivity index (χ2n) is 6.26. The smallest absolute Gasteiger partial charge is 0.359 e. The molecule has 0 bridgehead atoms. The van der Waals surface area contributed by atoms with Crippen LogP contribution < -0.4 is 0 Å². The number of para-hydroxylation sites is 1. The third kappa shape index (κ3) is 3.32. The van der Waals surface area contributed by atoms with Crippen LogP contribution >= 0.6 is 0 Å². The summed E-state index contributed by atoms with van der Waals surface area (Å²) in [6.07, 6.45) is 0. The van der Waals surface area contributed by atoms with Crippen LogP contribution in [-0.4, -0.2) is 22.1 Å². The Morgan fingerprint density at radius 2 is 1.36 bits per heavy atom. The van der Waals surface area contributed by atoms with Crippen molar-refractivity contribution in [1.29, 1.82) is 0 Å². The third-order valence-corrected chi connectivity index (χ3v) is 4.44. The van der Waals surface area contributed by atoms with Crippen molar-refractivity contribution in [2.24, 2.45) is 0 Å². The van der Waals surface area contributed by atoms with Crippen LogP contribution in [0.2, 0.25) is 0 Å². The lowest BCUT2D eigenvalue weighted by Gasteiger charge is -2.13. The lowest BCUT2D eigenvalue weighted by Crippen LogP contribution is -2.08. The fourth-order valence-corrected chi connectivity index (χ4v) is 3.23. The summed E-state index contributed by atoms with van der Waals surface area (Å²) in [5.74, 6) is 0.280. The van der Waals surface area contributed by atoms with E-state index in [9.17, 15) is 4.79 Å². The molecule has 28 heavy (non-hydrogen) atoms. The Morgan fingerprint density at radius 1 is 0.821 bits per heavy atom. The van der Waals surface area contributed by atoms with Gasteiger partial charge in [-0.05, 0) is 19.1 Å². The summed E-state index contributed by atoms with van der Waals surface area (Å²) >= 11 is 0. The first-order valence-corrected chi connectivity index (χ1v) is 9.25. The van der Waals surface area contributed by atoms with Gasteiger partial charge in [0, 0.05) is 16.8 Å². The molecule has 1 aromatic heterocycles. The van der Waals surface area contributed by atoms with E-state index in [-0.39, 0.29) is 0 Å².